The summed E-state index contributed by atoms with van der Waals surface area (Å²) in [5.41, 5.74) is 1.24. The highest BCUT2D eigenvalue weighted by molar-refractivity contribution is 14.2. The molecule has 0 saturated carbocycles. The van der Waals surface area contributed by atoms with Crippen LogP contribution < -0.4 is 0 Å². The van der Waals surface area contributed by atoms with Gasteiger partial charge in [0.25, 0.3) is 0 Å². The van der Waals surface area contributed by atoms with Crippen molar-refractivity contribution in [2.24, 2.45) is 0 Å². The molecule has 0 saturated heterocycles. The molecule has 2 nitrogen and oxygen atoms in total. The van der Waals surface area contributed by atoms with E-state index in [9.17, 15) is 0 Å². The molecule has 0 N–H and O–H groups in total. The van der Waals surface area contributed by atoms with Gasteiger partial charge in [0.1, 0.15) is 0 Å². The summed E-state index contributed by atoms with van der Waals surface area (Å²) in [5.74, 6) is 0. The maximum atomic E-state index is 4.00. The number of hydrogen-bond acceptors (Lipinski definition) is 1. The van der Waals surface area contributed by atoms with Crippen molar-refractivity contribution < 1.29 is 0 Å². The Hall–Kier alpha value is -0.450. The monoisotopic (exact) mass is 262 g/mol. The second-order valence-electron chi connectivity index (χ2n) is 1.74. The first-order valence-electron chi connectivity index (χ1n) is 3.60. The lowest BCUT2D eigenvalue weighted by Crippen LogP contribution is -1.91. The summed E-state index contributed by atoms with van der Waals surface area (Å²) < 4.78 is 6.50. The summed E-state index contributed by atoms with van der Waals surface area (Å²) in [6, 6.07) is 0. The molecule has 11 heavy (non-hydrogen) atoms. The molecule has 0 bridgehead atoms. The van der Waals surface area contributed by atoms with E-state index >= 15 is 0 Å². The van der Waals surface area contributed by atoms with Crippen molar-refractivity contribution >= 4 is 30.9 Å². The van der Waals surface area contributed by atoms with Crippen molar-refractivity contribution in [3.8, 4) is 0 Å². The van der Waals surface area contributed by atoms with E-state index in [1.807, 2.05) is 30.9 Å². The molecule has 0 spiro atoms. The van der Waals surface area contributed by atoms with E-state index in [0.717, 1.165) is 0 Å². The number of rotatable bonds is 0. The van der Waals surface area contributed by atoms with Crippen molar-refractivity contribution in [1.29, 1.82) is 0 Å². The molecule has 2 rings (SSSR count). The average Bonchev–Trinajstić information content (AvgIpc) is 2.55. The van der Waals surface area contributed by atoms with Gasteiger partial charge in [-0.25, -0.2) is 4.98 Å². The molecule has 0 fully saturated rings. The minimum Gasteiger partial charge on any atom is -0.305 e. The van der Waals surface area contributed by atoms with Gasteiger partial charge in [0.2, 0.25) is 0 Å². The van der Waals surface area contributed by atoms with E-state index in [4.69, 9.17) is 0 Å². The lowest BCUT2D eigenvalue weighted by molar-refractivity contribution is 1.13. The summed E-state index contributed by atoms with van der Waals surface area (Å²) in [4.78, 5) is 4.00. The van der Waals surface area contributed by atoms with Crippen molar-refractivity contribution in [2.75, 3.05) is 0 Å². The van der Waals surface area contributed by atoms with Gasteiger partial charge < -0.3 is 4.57 Å². The van der Waals surface area contributed by atoms with Crippen LogP contribution in [-0.2, 0) is 0 Å². The minimum atomic E-state index is 0.185. The van der Waals surface area contributed by atoms with E-state index in [1.54, 1.807) is 0 Å². The molecular weight excluding hydrogens is 251 g/mol. The molecule has 0 aromatic carbocycles. The molecule has 3 heteroatoms. The van der Waals surface area contributed by atoms with Gasteiger partial charge in [0.05, 0.1) is 18.2 Å². The molecule has 1 aliphatic rings. The normalized spacial score (nSPS) is 12.5. The van der Waals surface area contributed by atoms with Crippen LogP contribution in [0, 0.1) is 0 Å². The van der Waals surface area contributed by atoms with Crippen LogP contribution >= 0.6 is 20.7 Å². The SMILES string of the molecule is C1=Cn2cncc2C=I1.CC. The highest BCUT2D eigenvalue weighted by Crippen LogP contribution is 2.10. The Morgan fingerprint density at radius 1 is 1.45 bits per heavy atom. The second-order valence-corrected chi connectivity index (χ2v) is 3.80. The third kappa shape index (κ3) is 1.99. The summed E-state index contributed by atoms with van der Waals surface area (Å²) in [6.07, 6.45) is 5.80. The zero-order valence-corrected chi connectivity index (χ0v) is 8.82. The van der Waals surface area contributed by atoms with Crippen molar-refractivity contribution in [3.05, 3.63) is 22.3 Å². The zero-order chi connectivity index (χ0) is 8.10. The third-order valence-corrected chi connectivity index (χ3v) is 2.90. The standard InChI is InChI=1S/C6H5IN2.C2H6/c1-2-9-5-8-4-6(9)3-7-1;1-2/h1-5H;1-2H3. The van der Waals surface area contributed by atoms with E-state index < -0.39 is 0 Å². The third-order valence-electron chi connectivity index (χ3n) is 1.16. The Bertz CT molecular complexity index is 247. The molecule has 0 amide bonds. The smallest absolute Gasteiger partial charge is 0.0992 e. The highest BCUT2D eigenvalue weighted by atomic mass is 127. The number of nitrogens with zero attached hydrogens (tertiary/aromatic N) is 2. The molecule has 0 radical (unpaired) electrons. The van der Waals surface area contributed by atoms with Crippen LogP contribution in [0.25, 0.3) is 6.20 Å². The first-order chi connectivity index (χ1) is 5.47. The van der Waals surface area contributed by atoms with E-state index in [1.165, 1.54) is 5.69 Å². The van der Waals surface area contributed by atoms with Crippen molar-refractivity contribution in [2.45, 2.75) is 13.8 Å². The highest BCUT2D eigenvalue weighted by Gasteiger charge is 1.95. The van der Waals surface area contributed by atoms with Gasteiger partial charge in [-0.3, -0.25) is 0 Å². The molecule has 1 aliphatic heterocycles. The van der Waals surface area contributed by atoms with Crippen molar-refractivity contribution in [3.63, 3.8) is 0 Å². The lowest BCUT2D eigenvalue weighted by Gasteiger charge is -1.97. The fraction of sp³-hybridized carbons (Fsp3) is 0.250. The Morgan fingerprint density at radius 3 is 3.00 bits per heavy atom. The fourth-order valence-corrected chi connectivity index (χ4v) is 2.31. The first-order valence-corrected chi connectivity index (χ1v) is 6.09. The number of halogens is 1. The van der Waals surface area contributed by atoms with E-state index in [-0.39, 0.29) is 20.7 Å². The van der Waals surface area contributed by atoms with Gasteiger partial charge >= 0.3 is 0 Å². The Kier molecular flexibility index (Phi) is 3.48. The number of aromatic nitrogens is 2. The van der Waals surface area contributed by atoms with Crippen LogP contribution in [0.15, 0.2) is 16.6 Å². The Balaban J connectivity index is 0.000000281. The maximum absolute atomic E-state index is 4.00. The number of imidazole rings is 1. The molecule has 60 valence electrons. The van der Waals surface area contributed by atoms with Gasteiger partial charge in [0, 0.05) is 6.20 Å². The molecule has 0 aliphatic carbocycles. The van der Waals surface area contributed by atoms with Crippen LogP contribution in [0.1, 0.15) is 19.5 Å². The van der Waals surface area contributed by atoms with Gasteiger partial charge in [-0.15, -0.1) is 0 Å². The summed E-state index contributed by atoms with van der Waals surface area (Å²) in [5, 5.41) is 0. The number of fused-ring (bicyclic) bond motifs is 1. The quantitative estimate of drug-likeness (QED) is 0.657. The molecule has 1 aromatic heterocycles. The minimum absolute atomic E-state index is 0.185. The van der Waals surface area contributed by atoms with E-state index in [0.29, 0.717) is 0 Å². The topological polar surface area (TPSA) is 17.8 Å². The van der Waals surface area contributed by atoms with Gasteiger partial charge in [-0.2, -0.15) is 0 Å². The second kappa shape index (κ2) is 4.43. The van der Waals surface area contributed by atoms with Crippen LogP contribution in [0.2, 0.25) is 0 Å². The largest absolute Gasteiger partial charge is 0.305 e. The molecule has 2 heterocycles. The first kappa shape index (κ1) is 8.64. The fourth-order valence-electron chi connectivity index (χ4n) is 0.718. The summed E-state index contributed by atoms with van der Waals surface area (Å²) in [6.45, 7) is 4.00. The van der Waals surface area contributed by atoms with Crippen LogP contribution in [0.3, 0.4) is 0 Å². The predicted octanol–water partition coefficient (Wildman–Crippen LogP) is 2.47. The number of hydrogen-bond donors (Lipinski definition) is 0. The predicted molar refractivity (Wildman–Crippen MR) is 58.1 cm³/mol. The summed E-state index contributed by atoms with van der Waals surface area (Å²) in [7, 11) is 0. The zero-order valence-electron chi connectivity index (χ0n) is 6.66. The Labute approximate surface area is 76.7 Å². The van der Waals surface area contributed by atoms with Crippen LogP contribution in [0.5, 0.6) is 0 Å². The Morgan fingerprint density at radius 2 is 2.27 bits per heavy atom. The average molecular weight is 262 g/mol. The lowest BCUT2D eigenvalue weighted by atomic mass is 10.5. The van der Waals surface area contributed by atoms with E-state index in [2.05, 4.69) is 19.3 Å². The molecule has 0 atom stereocenters. The van der Waals surface area contributed by atoms with Crippen molar-refractivity contribution in [1.82, 2.24) is 9.55 Å². The summed E-state index contributed by atoms with van der Waals surface area (Å²) >= 11 is 0.185. The molecule has 0 unspecified atom stereocenters. The van der Waals surface area contributed by atoms with Gasteiger partial charge in [-0.05, 0) is 8.09 Å². The molecular formula is C8H11IN2. The van der Waals surface area contributed by atoms with Crippen LogP contribution in [-0.4, -0.2) is 13.6 Å². The van der Waals surface area contributed by atoms with Gasteiger partial charge in [-0.1, -0.05) is 34.6 Å². The van der Waals surface area contributed by atoms with Gasteiger partial charge in [0.15, 0.2) is 0 Å². The van der Waals surface area contributed by atoms with Crippen LogP contribution in [0.4, 0.5) is 0 Å². The maximum Gasteiger partial charge on any atom is 0.0992 e. The molecule has 1 aromatic rings.